The summed E-state index contributed by atoms with van der Waals surface area (Å²) >= 11 is 0. The number of alkyl halides is 3. The zero-order chi connectivity index (χ0) is 11.2. The van der Waals surface area contributed by atoms with E-state index in [1.165, 1.54) is 0 Å². The van der Waals surface area contributed by atoms with Crippen molar-refractivity contribution in [3.8, 4) is 0 Å². The Kier molecular flexibility index (Phi) is 2.22. The second-order valence-electron chi connectivity index (χ2n) is 3.49. The number of hydrogen-bond acceptors (Lipinski definition) is 1. The van der Waals surface area contributed by atoms with E-state index in [9.17, 15) is 17.6 Å². The Morgan fingerprint density at radius 1 is 1.27 bits per heavy atom. The summed E-state index contributed by atoms with van der Waals surface area (Å²) in [4.78, 5) is 0. The molecule has 1 aliphatic heterocycles. The fourth-order valence-corrected chi connectivity index (χ4v) is 1.53. The Morgan fingerprint density at radius 2 is 1.87 bits per heavy atom. The standard InChI is InChI=1S/C10H8F4O/c1-5-9(15-5)7-3-2-6(11)4-8(7)10(12,13)14/h2-5,9H,1H3. The molecule has 0 bridgehead atoms. The van der Waals surface area contributed by atoms with E-state index >= 15 is 0 Å². The van der Waals surface area contributed by atoms with Gasteiger partial charge in [0.15, 0.2) is 0 Å². The molecule has 0 aliphatic carbocycles. The number of epoxide rings is 1. The van der Waals surface area contributed by atoms with E-state index in [2.05, 4.69) is 0 Å². The van der Waals surface area contributed by atoms with Gasteiger partial charge in [0.25, 0.3) is 0 Å². The van der Waals surface area contributed by atoms with Crippen LogP contribution in [0.3, 0.4) is 0 Å². The molecule has 2 rings (SSSR count). The molecule has 1 nitrogen and oxygen atoms in total. The second-order valence-corrected chi connectivity index (χ2v) is 3.49. The molecular weight excluding hydrogens is 212 g/mol. The van der Waals surface area contributed by atoms with Crippen LogP contribution in [0.5, 0.6) is 0 Å². The topological polar surface area (TPSA) is 12.5 Å². The third-order valence-electron chi connectivity index (χ3n) is 2.34. The molecule has 1 aromatic carbocycles. The normalized spacial score (nSPS) is 25.4. The monoisotopic (exact) mass is 220 g/mol. The van der Waals surface area contributed by atoms with E-state index in [-0.39, 0.29) is 11.7 Å². The highest BCUT2D eigenvalue weighted by Gasteiger charge is 2.43. The van der Waals surface area contributed by atoms with Crippen LogP contribution < -0.4 is 0 Å². The molecule has 0 saturated carbocycles. The largest absolute Gasteiger partial charge is 0.416 e. The van der Waals surface area contributed by atoms with Gasteiger partial charge in [0.1, 0.15) is 11.9 Å². The van der Waals surface area contributed by atoms with Gasteiger partial charge in [0.2, 0.25) is 0 Å². The van der Waals surface area contributed by atoms with Gasteiger partial charge >= 0.3 is 6.18 Å². The van der Waals surface area contributed by atoms with Crippen LogP contribution in [0.1, 0.15) is 24.2 Å². The lowest BCUT2D eigenvalue weighted by molar-refractivity contribution is -0.138. The summed E-state index contributed by atoms with van der Waals surface area (Å²) in [7, 11) is 0. The highest BCUT2D eigenvalue weighted by atomic mass is 19.4. The average molecular weight is 220 g/mol. The number of hydrogen-bond donors (Lipinski definition) is 0. The van der Waals surface area contributed by atoms with Crippen LogP contribution in [-0.2, 0) is 10.9 Å². The number of benzene rings is 1. The van der Waals surface area contributed by atoms with Crippen LogP contribution in [0.15, 0.2) is 18.2 Å². The maximum Gasteiger partial charge on any atom is 0.416 e. The van der Waals surface area contributed by atoms with E-state index in [1.54, 1.807) is 6.92 Å². The van der Waals surface area contributed by atoms with Crippen molar-refractivity contribution in [2.45, 2.75) is 25.3 Å². The molecule has 1 aromatic rings. The molecule has 1 heterocycles. The summed E-state index contributed by atoms with van der Waals surface area (Å²) < 4.78 is 55.2. The lowest BCUT2D eigenvalue weighted by atomic mass is 10.0. The predicted octanol–water partition coefficient (Wildman–Crippen LogP) is 3.30. The van der Waals surface area contributed by atoms with Gasteiger partial charge in [-0.1, -0.05) is 6.07 Å². The molecule has 0 amide bonds. The van der Waals surface area contributed by atoms with Crippen molar-refractivity contribution in [2.75, 3.05) is 0 Å². The van der Waals surface area contributed by atoms with Gasteiger partial charge in [-0.15, -0.1) is 0 Å². The summed E-state index contributed by atoms with van der Waals surface area (Å²) in [6.45, 7) is 1.67. The van der Waals surface area contributed by atoms with Gasteiger partial charge in [0, 0.05) is 0 Å². The van der Waals surface area contributed by atoms with Gasteiger partial charge in [-0.2, -0.15) is 13.2 Å². The van der Waals surface area contributed by atoms with Gasteiger partial charge in [0.05, 0.1) is 11.7 Å². The van der Waals surface area contributed by atoms with Crippen molar-refractivity contribution in [1.29, 1.82) is 0 Å². The van der Waals surface area contributed by atoms with Crippen LogP contribution in [0.2, 0.25) is 0 Å². The van der Waals surface area contributed by atoms with Crippen LogP contribution in [0, 0.1) is 5.82 Å². The maximum atomic E-state index is 12.7. The molecule has 82 valence electrons. The van der Waals surface area contributed by atoms with Crippen molar-refractivity contribution in [1.82, 2.24) is 0 Å². The fourth-order valence-electron chi connectivity index (χ4n) is 1.53. The van der Waals surface area contributed by atoms with Crippen molar-refractivity contribution >= 4 is 0 Å². The van der Waals surface area contributed by atoms with Crippen molar-refractivity contribution < 1.29 is 22.3 Å². The third-order valence-corrected chi connectivity index (χ3v) is 2.34. The summed E-state index contributed by atoms with van der Waals surface area (Å²) in [6.07, 6.45) is -5.32. The van der Waals surface area contributed by atoms with Crippen molar-refractivity contribution in [2.24, 2.45) is 0 Å². The van der Waals surface area contributed by atoms with Crippen LogP contribution in [-0.4, -0.2) is 6.10 Å². The van der Waals surface area contributed by atoms with E-state index in [0.717, 1.165) is 12.1 Å². The molecule has 2 atom stereocenters. The SMILES string of the molecule is CC1OC1c1ccc(F)cc1C(F)(F)F. The number of ether oxygens (including phenoxy) is 1. The maximum absolute atomic E-state index is 12.7. The lowest BCUT2D eigenvalue weighted by Gasteiger charge is -2.11. The minimum atomic E-state index is -4.54. The lowest BCUT2D eigenvalue weighted by Crippen LogP contribution is -2.09. The highest BCUT2D eigenvalue weighted by molar-refractivity contribution is 5.34. The first-order valence-electron chi connectivity index (χ1n) is 4.41. The first kappa shape index (κ1) is 10.4. The summed E-state index contributed by atoms with van der Waals surface area (Å²) in [5, 5.41) is 0. The molecule has 15 heavy (non-hydrogen) atoms. The number of halogens is 4. The van der Waals surface area contributed by atoms with Crippen molar-refractivity contribution in [3.05, 3.63) is 35.1 Å². The Bertz CT molecular complexity index is 385. The Morgan fingerprint density at radius 3 is 2.33 bits per heavy atom. The molecule has 1 saturated heterocycles. The molecule has 0 aromatic heterocycles. The van der Waals surface area contributed by atoms with Gasteiger partial charge in [-0.3, -0.25) is 0 Å². The van der Waals surface area contributed by atoms with Gasteiger partial charge < -0.3 is 4.74 Å². The molecule has 2 unspecified atom stereocenters. The van der Waals surface area contributed by atoms with E-state index in [4.69, 9.17) is 4.74 Å². The zero-order valence-corrected chi connectivity index (χ0v) is 7.81. The second kappa shape index (κ2) is 3.20. The first-order valence-corrected chi connectivity index (χ1v) is 4.41. The first-order chi connectivity index (χ1) is 6.89. The van der Waals surface area contributed by atoms with Crippen LogP contribution >= 0.6 is 0 Å². The molecule has 1 aliphatic rings. The summed E-state index contributed by atoms with van der Waals surface area (Å²) in [5.74, 6) is -0.889. The van der Waals surface area contributed by atoms with Crippen LogP contribution in [0.4, 0.5) is 17.6 Å². The molecule has 0 N–H and O–H groups in total. The van der Waals surface area contributed by atoms with Gasteiger partial charge in [-0.25, -0.2) is 4.39 Å². The minimum absolute atomic E-state index is 0.0106. The third kappa shape index (κ3) is 1.97. The fraction of sp³-hybridized carbons (Fsp3) is 0.400. The Labute approximate surface area is 83.7 Å². The van der Waals surface area contributed by atoms with Crippen LogP contribution in [0.25, 0.3) is 0 Å². The average Bonchev–Trinajstić information content (AvgIpc) is 2.81. The Balaban J connectivity index is 2.45. The highest BCUT2D eigenvalue weighted by Crippen LogP contribution is 2.44. The molecular formula is C10H8F4O. The molecule has 0 radical (unpaired) electrons. The summed E-state index contributed by atoms with van der Waals surface area (Å²) in [6, 6.07) is 2.65. The predicted molar refractivity (Wildman–Crippen MR) is 44.7 cm³/mol. The smallest absolute Gasteiger partial charge is 0.365 e. The number of rotatable bonds is 1. The zero-order valence-electron chi connectivity index (χ0n) is 7.81. The van der Waals surface area contributed by atoms with E-state index < -0.39 is 23.7 Å². The minimum Gasteiger partial charge on any atom is -0.365 e. The van der Waals surface area contributed by atoms with Crippen molar-refractivity contribution in [3.63, 3.8) is 0 Å². The molecule has 0 spiro atoms. The molecule has 5 heteroatoms. The summed E-state index contributed by atoms with van der Waals surface area (Å²) in [5.41, 5.74) is -0.937. The molecule has 1 fully saturated rings. The Hall–Kier alpha value is -1.10. The van der Waals surface area contributed by atoms with E-state index in [0.29, 0.717) is 6.07 Å². The van der Waals surface area contributed by atoms with E-state index in [1.807, 2.05) is 0 Å². The quantitative estimate of drug-likeness (QED) is 0.522. The van der Waals surface area contributed by atoms with Gasteiger partial charge in [-0.05, 0) is 24.6 Å².